The SMILES string of the molecule is COc1cc(C(=O)Nc2ccc(C(=O)[O-])cc2)ccc1OC(C)=O. The van der Waals surface area contributed by atoms with Gasteiger partial charge < -0.3 is 24.7 Å². The highest BCUT2D eigenvalue weighted by atomic mass is 16.6. The van der Waals surface area contributed by atoms with Crippen molar-refractivity contribution in [2.24, 2.45) is 0 Å². The van der Waals surface area contributed by atoms with Crippen molar-refractivity contribution < 1.29 is 29.0 Å². The molecule has 0 atom stereocenters. The molecule has 0 unspecified atom stereocenters. The van der Waals surface area contributed by atoms with Gasteiger partial charge in [-0.1, -0.05) is 12.1 Å². The molecular weight excluding hydrogens is 314 g/mol. The first-order valence-corrected chi connectivity index (χ1v) is 6.90. The Morgan fingerprint density at radius 3 is 2.12 bits per heavy atom. The minimum atomic E-state index is -1.29. The number of aromatic carboxylic acids is 1. The molecule has 2 aromatic rings. The molecule has 2 aromatic carbocycles. The number of rotatable bonds is 5. The number of carbonyl (C=O) groups excluding carboxylic acids is 3. The number of hydrogen-bond acceptors (Lipinski definition) is 6. The maximum absolute atomic E-state index is 12.2. The monoisotopic (exact) mass is 328 g/mol. The van der Waals surface area contributed by atoms with E-state index in [9.17, 15) is 19.5 Å². The minimum absolute atomic E-state index is 0.0143. The second-order valence-corrected chi connectivity index (χ2v) is 4.78. The van der Waals surface area contributed by atoms with E-state index in [1.165, 1.54) is 56.5 Å². The topological polar surface area (TPSA) is 105 Å². The Kier molecular flexibility index (Phi) is 5.16. The summed E-state index contributed by atoms with van der Waals surface area (Å²) in [5, 5.41) is 13.3. The fraction of sp³-hybridized carbons (Fsp3) is 0.118. The number of esters is 1. The number of hydrogen-bond donors (Lipinski definition) is 1. The maximum atomic E-state index is 12.2. The molecule has 24 heavy (non-hydrogen) atoms. The van der Waals surface area contributed by atoms with Gasteiger partial charge in [0.05, 0.1) is 13.1 Å². The van der Waals surface area contributed by atoms with Gasteiger partial charge in [-0.15, -0.1) is 0 Å². The summed E-state index contributed by atoms with van der Waals surface area (Å²) in [7, 11) is 1.39. The molecule has 0 aromatic heterocycles. The number of nitrogens with one attached hydrogen (secondary N) is 1. The Morgan fingerprint density at radius 1 is 0.958 bits per heavy atom. The number of carbonyl (C=O) groups is 3. The first-order chi connectivity index (χ1) is 11.4. The van der Waals surface area contributed by atoms with E-state index in [0.29, 0.717) is 5.69 Å². The zero-order valence-corrected chi connectivity index (χ0v) is 13.0. The van der Waals surface area contributed by atoms with Gasteiger partial charge in [0, 0.05) is 18.2 Å². The number of amides is 1. The molecular formula is C17H14NO6-. The quantitative estimate of drug-likeness (QED) is 0.654. The molecule has 0 heterocycles. The van der Waals surface area contributed by atoms with Crippen molar-refractivity contribution in [2.75, 3.05) is 12.4 Å². The van der Waals surface area contributed by atoms with Crippen LogP contribution in [0.1, 0.15) is 27.6 Å². The Labute approximate surface area is 137 Å². The summed E-state index contributed by atoms with van der Waals surface area (Å²) in [6.07, 6.45) is 0. The molecule has 1 N–H and O–H groups in total. The van der Waals surface area contributed by atoms with Crippen molar-refractivity contribution in [3.63, 3.8) is 0 Å². The number of benzene rings is 2. The molecule has 0 fully saturated rings. The third-order valence-electron chi connectivity index (χ3n) is 3.06. The van der Waals surface area contributed by atoms with Crippen LogP contribution in [0.5, 0.6) is 11.5 Å². The average Bonchev–Trinajstić information content (AvgIpc) is 2.55. The average molecular weight is 328 g/mol. The van der Waals surface area contributed by atoms with Crippen LogP contribution in [0.2, 0.25) is 0 Å². The fourth-order valence-electron chi connectivity index (χ4n) is 1.94. The van der Waals surface area contributed by atoms with E-state index < -0.39 is 17.8 Å². The lowest BCUT2D eigenvalue weighted by Gasteiger charge is -2.11. The first kappa shape index (κ1) is 17.0. The van der Waals surface area contributed by atoms with E-state index in [-0.39, 0.29) is 22.6 Å². The lowest BCUT2D eigenvalue weighted by molar-refractivity contribution is -0.255. The summed E-state index contributed by atoms with van der Waals surface area (Å²) in [6, 6.07) is 9.93. The zero-order chi connectivity index (χ0) is 17.7. The summed E-state index contributed by atoms with van der Waals surface area (Å²) in [6.45, 7) is 1.26. The van der Waals surface area contributed by atoms with Crippen molar-refractivity contribution in [3.05, 3.63) is 53.6 Å². The van der Waals surface area contributed by atoms with E-state index in [4.69, 9.17) is 9.47 Å². The van der Waals surface area contributed by atoms with Crippen LogP contribution in [-0.2, 0) is 4.79 Å². The van der Waals surface area contributed by atoms with Crippen molar-refractivity contribution in [1.82, 2.24) is 0 Å². The van der Waals surface area contributed by atoms with Gasteiger partial charge in [-0.25, -0.2) is 0 Å². The highest BCUT2D eigenvalue weighted by Crippen LogP contribution is 2.28. The Hall–Kier alpha value is -3.35. The van der Waals surface area contributed by atoms with E-state index in [2.05, 4.69) is 5.32 Å². The standard InChI is InChI=1S/C17H15NO6/c1-10(19)24-14-8-5-12(9-15(14)23-2)16(20)18-13-6-3-11(4-7-13)17(21)22/h3-9H,1-2H3,(H,18,20)(H,21,22)/p-1. The Morgan fingerprint density at radius 2 is 1.58 bits per heavy atom. The largest absolute Gasteiger partial charge is 0.545 e. The zero-order valence-electron chi connectivity index (χ0n) is 13.0. The molecule has 0 bridgehead atoms. The van der Waals surface area contributed by atoms with Crippen LogP contribution in [-0.4, -0.2) is 25.0 Å². The van der Waals surface area contributed by atoms with Crippen LogP contribution in [0.3, 0.4) is 0 Å². The summed E-state index contributed by atoms with van der Waals surface area (Å²) < 4.78 is 10.1. The van der Waals surface area contributed by atoms with Gasteiger partial charge in [0.1, 0.15) is 0 Å². The number of methoxy groups -OCH3 is 1. The van der Waals surface area contributed by atoms with E-state index in [1.807, 2.05) is 0 Å². The van der Waals surface area contributed by atoms with Gasteiger partial charge in [-0.2, -0.15) is 0 Å². The Balaban J connectivity index is 2.17. The summed E-state index contributed by atoms with van der Waals surface area (Å²) in [4.78, 5) is 33.9. The third kappa shape index (κ3) is 4.10. The lowest BCUT2D eigenvalue weighted by Crippen LogP contribution is -2.22. The highest BCUT2D eigenvalue weighted by Gasteiger charge is 2.12. The van der Waals surface area contributed by atoms with E-state index in [1.54, 1.807) is 0 Å². The van der Waals surface area contributed by atoms with E-state index >= 15 is 0 Å². The second kappa shape index (κ2) is 7.28. The predicted octanol–water partition coefficient (Wildman–Crippen LogP) is 1.24. The smallest absolute Gasteiger partial charge is 0.308 e. The van der Waals surface area contributed by atoms with Gasteiger partial charge in [0.2, 0.25) is 0 Å². The molecule has 7 heteroatoms. The number of anilines is 1. The van der Waals surface area contributed by atoms with Crippen LogP contribution in [0.25, 0.3) is 0 Å². The number of carboxylic acid groups (broad SMARTS) is 1. The second-order valence-electron chi connectivity index (χ2n) is 4.78. The molecule has 7 nitrogen and oxygen atoms in total. The van der Waals surface area contributed by atoms with Gasteiger partial charge in [-0.3, -0.25) is 9.59 Å². The van der Waals surface area contributed by atoms with Crippen LogP contribution in [0, 0.1) is 0 Å². The fourth-order valence-corrected chi connectivity index (χ4v) is 1.94. The number of carboxylic acids is 1. The van der Waals surface area contributed by atoms with Gasteiger partial charge in [0.25, 0.3) is 5.91 Å². The molecule has 0 radical (unpaired) electrons. The first-order valence-electron chi connectivity index (χ1n) is 6.90. The van der Waals surface area contributed by atoms with Gasteiger partial charge in [-0.05, 0) is 35.9 Å². The summed E-state index contributed by atoms with van der Waals surface area (Å²) in [5.41, 5.74) is 0.722. The van der Waals surface area contributed by atoms with Gasteiger partial charge in [0.15, 0.2) is 11.5 Å². The highest BCUT2D eigenvalue weighted by molar-refractivity contribution is 6.04. The van der Waals surface area contributed by atoms with Crippen molar-refractivity contribution in [3.8, 4) is 11.5 Å². The van der Waals surface area contributed by atoms with Crippen molar-refractivity contribution in [1.29, 1.82) is 0 Å². The minimum Gasteiger partial charge on any atom is -0.545 e. The van der Waals surface area contributed by atoms with Crippen molar-refractivity contribution in [2.45, 2.75) is 6.92 Å². The van der Waals surface area contributed by atoms with Crippen molar-refractivity contribution >= 4 is 23.5 Å². The maximum Gasteiger partial charge on any atom is 0.308 e. The van der Waals surface area contributed by atoms with Crippen LogP contribution >= 0.6 is 0 Å². The van der Waals surface area contributed by atoms with Crippen LogP contribution < -0.4 is 19.9 Å². The van der Waals surface area contributed by atoms with Crippen LogP contribution in [0.4, 0.5) is 5.69 Å². The summed E-state index contributed by atoms with van der Waals surface area (Å²) >= 11 is 0. The molecule has 2 rings (SSSR count). The molecule has 0 saturated heterocycles. The molecule has 124 valence electrons. The molecule has 0 aliphatic rings. The van der Waals surface area contributed by atoms with E-state index in [0.717, 1.165) is 0 Å². The van der Waals surface area contributed by atoms with Gasteiger partial charge >= 0.3 is 5.97 Å². The molecule has 1 amide bonds. The van der Waals surface area contributed by atoms with Crippen LogP contribution in [0.15, 0.2) is 42.5 Å². The molecule has 0 aliphatic heterocycles. The molecule has 0 spiro atoms. The predicted molar refractivity (Wildman–Crippen MR) is 83.0 cm³/mol. The number of ether oxygens (including phenoxy) is 2. The molecule has 0 saturated carbocycles. The summed E-state index contributed by atoms with van der Waals surface area (Å²) in [5.74, 6) is -1.77. The Bertz CT molecular complexity index is 782. The third-order valence-corrected chi connectivity index (χ3v) is 3.06. The normalized spacial score (nSPS) is 9.92. The molecule has 0 aliphatic carbocycles. The lowest BCUT2D eigenvalue weighted by atomic mass is 10.1.